The van der Waals surface area contributed by atoms with E-state index in [0.29, 0.717) is 6.61 Å². The molecule has 1 aliphatic carbocycles. The Kier molecular flexibility index (Phi) is 4.03. The molecule has 1 heterocycles. The van der Waals surface area contributed by atoms with E-state index in [0.717, 1.165) is 31.9 Å². The van der Waals surface area contributed by atoms with E-state index in [4.69, 9.17) is 9.47 Å². The van der Waals surface area contributed by atoms with Gasteiger partial charge in [-0.25, -0.2) is 0 Å². The molecule has 2 aromatic carbocycles. The molecule has 1 fully saturated rings. The number of benzene rings is 2. The van der Waals surface area contributed by atoms with Crippen molar-refractivity contribution < 1.29 is 9.47 Å². The number of anilines is 1. The van der Waals surface area contributed by atoms with E-state index in [1.54, 1.807) is 0 Å². The third-order valence-electron chi connectivity index (χ3n) is 4.47. The molecule has 0 amide bonds. The Balaban J connectivity index is 1.39. The molecule has 1 atom stereocenters. The third-order valence-corrected chi connectivity index (χ3v) is 4.47. The molecule has 23 heavy (non-hydrogen) atoms. The van der Waals surface area contributed by atoms with Gasteiger partial charge in [0, 0.05) is 24.3 Å². The molecule has 3 nitrogen and oxygen atoms in total. The van der Waals surface area contributed by atoms with Crippen LogP contribution in [-0.4, -0.2) is 32.4 Å². The van der Waals surface area contributed by atoms with Gasteiger partial charge in [-0.2, -0.15) is 0 Å². The zero-order valence-corrected chi connectivity index (χ0v) is 13.2. The number of morpholine rings is 1. The van der Waals surface area contributed by atoms with Crippen LogP contribution < -0.4 is 9.64 Å². The molecular weight excluding hydrogens is 286 g/mol. The lowest BCUT2D eigenvalue weighted by Gasteiger charge is -2.34. The zero-order chi connectivity index (χ0) is 15.5. The molecule has 3 heteroatoms. The summed E-state index contributed by atoms with van der Waals surface area (Å²) in [7, 11) is 0. The fraction of sp³-hybridized carbons (Fsp3) is 0.300. The van der Waals surface area contributed by atoms with Gasteiger partial charge in [-0.3, -0.25) is 0 Å². The van der Waals surface area contributed by atoms with Crippen LogP contribution in [-0.2, 0) is 11.2 Å². The summed E-state index contributed by atoms with van der Waals surface area (Å²) in [6.07, 6.45) is 5.42. The summed E-state index contributed by atoms with van der Waals surface area (Å²) in [5, 5.41) is 0. The van der Waals surface area contributed by atoms with Crippen LogP contribution in [0.1, 0.15) is 11.1 Å². The van der Waals surface area contributed by atoms with E-state index in [1.807, 2.05) is 0 Å². The van der Waals surface area contributed by atoms with Gasteiger partial charge in [0.05, 0.1) is 6.61 Å². The normalized spacial score (nSPS) is 19.7. The van der Waals surface area contributed by atoms with E-state index in [9.17, 15) is 0 Å². The van der Waals surface area contributed by atoms with E-state index in [2.05, 4.69) is 65.6 Å². The number of fused-ring (bicyclic) bond motifs is 1. The lowest BCUT2D eigenvalue weighted by atomic mass is 10.1. The maximum absolute atomic E-state index is 6.08. The Morgan fingerprint density at radius 1 is 1.09 bits per heavy atom. The molecular formula is C20H21NO2. The van der Waals surface area contributed by atoms with Crippen molar-refractivity contribution in [2.75, 3.05) is 31.2 Å². The average molecular weight is 307 g/mol. The number of hydrogen-bond acceptors (Lipinski definition) is 3. The standard InChI is InChI=1S/C20H21NO2/c1-2-8-17(9-3-1)21-12-13-22-18(14-21)15-23-20-11-5-7-16-6-4-10-19(16)20/h1-9,11,18H,10,12-15H2. The molecule has 118 valence electrons. The van der Waals surface area contributed by atoms with E-state index >= 15 is 0 Å². The molecule has 1 aliphatic heterocycles. The molecule has 2 aromatic rings. The van der Waals surface area contributed by atoms with Crippen molar-refractivity contribution in [2.45, 2.75) is 12.5 Å². The van der Waals surface area contributed by atoms with E-state index < -0.39 is 0 Å². The summed E-state index contributed by atoms with van der Waals surface area (Å²) in [6, 6.07) is 16.8. The van der Waals surface area contributed by atoms with Crippen LogP contribution in [0.25, 0.3) is 6.08 Å². The Labute approximate surface area is 137 Å². The Morgan fingerprint density at radius 2 is 2.00 bits per heavy atom. The SMILES string of the molecule is C1=Cc2cccc(OCC3CN(c4ccccc4)CCO3)c2C1. The molecule has 0 bridgehead atoms. The van der Waals surface area contributed by atoms with Gasteiger partial charge in [0.1, 0.15) is 18.5 Å². The summed E-state index contributed by atoms with van der Waals surface area (Å²) in [6.45, 7) is 3.15. The largest absolute Gasteiger partial charge is 0.490 e. The summed E-state index contributed by atoms with van der Waals surface area (Å²) in [5.41, 5.74) is 3.83. The quantitative estimate of drug-likeness (QED) is 0.862. The minimum Gasteiger partial charge on any atom is -0.490 e. The van der Waals surface area contributed by atoms with Crippen LogP contribution in [0.15, 0.2) is 54.6 Å². The predicted octanol–water partition coefficient (Wildman–Crippen LogP) is 3.54. The van der Waals surface area contributed by atoms with Crippen LogP contribution in [0.3, 0.4) is 0 Å². The molecule has 0 spiro atoms. The first-order valence-electron chi connectivity index (χ1n) is 8.23. The molecule has 0 saturated carbocycles. The second kappa shape index (κ2) is 6.47. The number of allylic oxidation sites excluding steroid dienone is 1. The maximum Gasteiger partial charge on any atom is 0.123 e. The minimum absolute atomic E-state index is 0.106. The van der Waals surface area contributed by atoms with Crippen LogP contribution >= 0.6 is 0 Å². The second-order valence-electron chi connectivity index (χ2n) is 6.02. The minimum atomic E-state index is 0.106. The number of hydrogen-bond donors (Lipinski definition) is 0. The molecule has 2 aliphatic rings. The summed E-state index contributed by atoms with van der Waals surface area (Å²) in [4.78, 5) is 2.37. The molecule has 1 saturated heterocycles. The van der Waals surface area contributed by atoms with E-state index in [-0.39, 0.29) is 6.10 Å². The van der Waals surface area contributed by atoms with E-state index in [1.165, 1.54) is 16.8 Å². The Hall–Kier alpha value is -2.26. The fourth-order valence-electron chi connectivity index (χ4n) is 3.27. The summed E-state index contributed by atoms with van der Waals surface area (Å²) in [5.74, 6) is 0.993. The van der Waals surface area contributed by atoms with Crippen molar-refractivity contribution in [2.24, 2.45) is 0 Å². The van der Waals surface area contributed by atoms with Gasteiger partial charge in [-0.05, 0) is 30.2 Å². The van der Waals surface area contributed by atoms with Crippen molar-refractivity contribution in [3.05, 3.63) is 65.7 Å². The highest BCUT2D eigenvalue weighted by Crippen LogP contribution is 2.29. The van der Waals surface area contributed by atoms with Gasteiger partial charge in [0.15, 0.2) is 0 Å². The van der Waals surface area contributed by atoms with Gasteiger partial charge < -0.3 is 14.4 Å². The second-order valence-corrected chi connectivity index (χ2v) is 6.02. The van der Waals surface area contributed by atoms with Crippen LogP contribution in [0, 0.1) is 0 Å². The third kappa shape index (κ3) is 3.10. The monoisotopic (exact) mass is 307 g/mol. The zero-order valence-electron chi connectivity index (χ0n) is 13.2. The summed E-state index contributed by atoms with van der Waals surface area (Å²) >= 11 is 0. The van der Waals surface area contributed by atoms with Crippen molar-refractivity contribution in [1.29, 1.82) is 0 Å². The predicted molar refractivity (Wildman–Crippen MR) is 93.1 cm³/mol. The molecule has 4 rings (SSSR count). The smallest absolute Gasteiger partial charge is 0.123 e. The van der Waals surface area contributed by atoms with Crippen molar-refractivity contribution in [1.82, 2.24) is 0 Å². The van der Waals surface area contributed by atoms with Gasteiger partial charge in [-0.1, -0.05) is 42.5 Å². The summed E-state index contributed by atoms with van der Waals surface area (Å²) < 4.78 is 12.0. The highest BCUT2D eigenvalue weighted by atomic mass is 16.5. The van der Waals surface area contributed by atoms with Crippen LogP contribution in [0.5, 0.6) is 5.75 Å². The first-order chi connectivity index (χ1) is 11.4. The molecule has 0 aromatic heterocycles. The number of ether oxygens (including phenoxy) is 2. The van der Waals surface area contributed by atoms with Gasteiger partial charge in [0.2, 0.25) is 0 Å². The lowest BCUT2D eigenvalue weighted by molar-refractivity contribution is 0.0101. The molecule has 0 N–H and O–H groups in total. The van der Waals surface area contributed by atoms with Gasteiger partial charge in [0.25, 0.3) is 0 Å². The lowest BCUT2D eigenvalue weighted by Crippen LogP contribution is -2.45. The van der Waals surface area contributed by atoms with Crippen molar-refractivity contribution in [3.8, 4) is 5.75 Å². The molecule has 1 unspecified atom stereocenters. The number of nitrogens with zero attached hydrogens (tertiary/aromatic N) is 1. The highest BCUT2D eigenvalue weighted by molar-refractivity contribution is 5.63. The van der Waals surface area contributed by atoms with Crippen LogP contribution in [0.2, 0.25) is 0 Å². The maximum atomic E-state index is 6.08. The van der Waals surface area contributed by atoms with Gasteiger partial charge >= 0.3 is 0 Å². The van der Waals surface area contributed by atoms with Gasteiger partial charge in [-0.15, -0.1) is 0 Å². The fourth-order valence-corrected chi connectivity index (χ4v) is 3.27. The van der Waals surface area contributed by atoms with Crippen molar-refractivity contribution >= 4 is 11.8 Å². The number of para-hydroxylation sites is 1. The molecule has 0 radical (unpaired) electrons. The number of rotatable bonds is 4. The first-order valence-corrected chi connectivity index (χ1v) is 8.23. The topological polar surface area (TPSA) is 21.7 Å². The Morgan fingerprint density at radius 3 is 2.91 bits per heavy atom. The van der Waals surface area contributed by atoms with Crippen LogP contribution in [0.4, 0.5) is 5.69 Å². The Bertz CT molecular complexity index is 696. The first kappa shape index (κ1) is 14.3. The average Bonchev–Trinajstić information content (AvgIpc) is 3.10. The van der Waals surface area contributed by atoms with Crippen molar-refractivity contribution in [3.63, 3.8) is 0 Å². The highest BCUT2D eigenvalue weighted by Gasteiger charge is 2.22.